The molecule has 0 aliphatic carbocycles. The Labute approximate surface area is 118 Å². The largest absolute Gasteiger partial charge is 0.366 e. The molecule has 0 spiro atoms. The van der Waals surface area contributed by atoms with Crippen molar-refractivity contribution in [1.29, 1.82) is 0 Å². The summed E-state index contributed by atoms with van der Waals surface area (Å²) < 4.78 is 5.49. The summed E-state index contributed by atoms with van der Waals surface area (Å²) in [5.41, 5.74) is 0.948. The second kappa shape index (κ2) is 6.37. The van der Waals surface area contributed by atoms with Crippen molar-refractivity contribution in [3.63, 3.8) is 0 Å². The van der Waals surface area contributed by atoms with Crippen LogP contribution in [0, 0.1) is 0 Å². The Hall–Kier alpha value is -1.10. The van der Waals surface area contributed by atoms with E-state index >= 15 is 0 Å². The van der Waals surface area contributed by atoms with E-state index in [1.165, 1.54) is 0 Å². The zero-order valence-electron chi connectivity index (χ0n) is 11.2. The van der Waals surface area contributed by atoms with Crippen molar-refractivity contribution in [2.24, 2.45) is 0 Å². The lowest BCUT2D eigenvalue weighted by Gasteiger charge is -2.31. The van der Waals surface area contributed by atoms with E-state index in [-0.39, 0.29) is 11.9 Å². The molecule has 0 unspecified atom stereocenters. The van der Waals surface area contributed by atoms with Crippen LogP contribution in [-0.2, 0) is 9.53 Å². The number of hydrogen-bond acceptors (Lipinski definition) is 3. The first-order valence-electron chi connectivity index (χ1n) is 6.44. The van der Waals surface area contributed by atoms with Crippen LogP contribution in [0.3, 0.4) is 0 Å². The molecule has 1 aliphatic heterocycles. The summed E-state index contributed by atoms with van der Waals surface area (Å²) >= 11 is 6.17. The highest BCUT2D eigenvalue weighted by Crippen LogP contribution is 2.26. The quantitative estimate of drug-likeness (QED) is 0.920. The molecule has 2 rings (SSSR count). The third-order valence-corrected chi connectivity index (χ3v) is 3.83. The third-order valence-electron chi connectivity index (χ3n) is 3.49. The molecule has 1 N–H and O–H groups in total. The lowest BCUT2D eigenvalue weighted by atomic mass is 10.1. The number of carbonyl (C=O) groups is 1. The first-order chi connectivity index (χ1) is 9.11. The van der Waals surface area contributed by atoms with Gasteiger partial charge in [-0.1, -0.05) is 29.8 Å². The van der Waals surface area contributed by atoms with Gasteiger partial charge in [0.1, 0.15) is 6.10 Å². The standard InChI is InChI=1S/C14H19ClN2O2/c1-10(11-5-3-4-6-12(11)15)17(2)14(18)13-9-16-7-8-19-13/h3-6,10,13,16H,7-9H2,1-2H3/t10-,13-/m1/s1. The average molecular weight is 283 g/mol. The number of halogens is 1. The molecule has 0 aromatic heterocycles. The number of carbonyl (C=O) groups excluding carboxylic acids is 1. The Morgan fingerprint density at radius 2 is 2.26 bits per heavy atom. The van der Waals surface area contributed by atoms with Gasteiger partial charge in [0, 0.05) is 25.2 Å². The van der Waals surface area contributed by atoms with E-state index in [1.807, 2.05) is 31.2 Å². The minimum Gasteiger partial charge on any atom is -0.366 e. The minimum atomic E-state index is -0.399. The smallest absolute Gasteiger partial charge is 0.253 e. The van der Waals surface area contributed by atoms with Crippen molar-refractivity contribution in [3.8, 4) is 0 Å². The lowest BCUT2D eigenvalue weighted by molar-refractivity contribution is -0.145. The average Bonchev–Trinajstić information content (AvgIpc) is 2.46. The predicted molar refractivity (Wildman–Crippen MR) is 75.2 cm³/mol. The van der Waals surface area contributed by atoms with Crippen LogP contribution in [0.5, 0.6) is 0 Å². The number of benzene rings is 1. The lowest BCUT2D eigenvalue weighted by Crippen LogP contribution is -2.48. The molecule has 1 saturated heterocycles. The van der Waals surface area contributed by atoms with Crippen molar-refractivity contribution in [2.75, 3.05) is 26.7 Å². The van der Waals surface area contributed by atoms with E-state index < -0.39 is 6.10 Å². The number of nitrogens with one attached hydrogen (secondary N) is 1. The highest BCUT2D eigenvalue weighted by molar-refractivity contribution is 6.31. The van der Waals surface area contributed by atoms with E-state index in [0.717, 1.165) is 12.1 Å². The molecule has 2 atom stereocenters. The summed E-state index contributed by atoms with van der Waals surface area (Å²) in [7, 11) is 1.79. The summed E-state index contributed by atoms with van der Waals surface area (Å²) in [6.07, 6.45) is -0.399. The van der Waals surface area contributed by atoms with Crippen LogP contribution in [0.4, 0.5) is 0 Å². The maximum absolute atomic E-state index is 12.3. The zero-order valence-corrected chi connectivity index (χ0v) is 12.0. The van der Waals surface area contributed by atoms with Crippen LogP contribution < -0.4 is 5.32 Å². The molecule has 5 heteroatoms. The van der Waals surface area contributed by atoms with Crippen LogP contribution in [-0.4, -0.2) is 43.7 Å². The summed E-state index contributed by atoms with van der Waals surface area (Å²) in [4.78, 5) is 14.0. The summed E-state index contributed by atoms with van der Waals surface area (Å²) in [5, 5.41) is 3.84. The zero-order chi connectivity index (χ0) is 13.8. The molecule has 1 heterocycles. The highest BCUT2D eigenvalue weighted by Gasteiger charge is 2.28. The van der Waals surface area contributed by atoms with Crippen molar-refractivity contribution in [1.82, 2.24) is 10.2 Å². The third kappa shape index (κ3) is 3.26. The summed E-state index contributed by atoms with van der Waals surface area (Å²) in [6.45, 7) is 3.91. The molecule has 0 bridgehead atoms. The van der Waals surface area contributed by atoms with Crippen molar-refractivity contribution < 1.29 is 9.53 Å². The van der Waals surface area contributed by atoms with Gasteiger partial charge in [0.25, 0.3) is 5.91 Å². The molecule has 1 aromatic rings. The fourth-order valence-corrected chi connectivity index (χ4v) is 2.46. The monoisotopic (exact) mass is 282 g/mol. The summed E-state index contributed by atoms with van der Waals surface area (Å²) in [5.74, 6) is -0.0142. The Bertz CT molecular complexity index is 447. The topological polar surface area (TPSA) is 41.6 Å². The minimum absolute atomic E-state index is 0.0142. The number of morpholine rings is 1. The van der Waals surface area contributed by atoms with Gasteiger partial charge in [-0.15, -0.1) is 0 Å². The van der Waals surface area contributed by atoms with Gasteiger partial charge in [-0.05, 0) is 18.6 Å². The Morgan fingerprint density at radius 1 is 1.53 bits per heavy atom. The molecule has 0 radical (unpaired) electrons. The van der Waals surface area contributed by atoms with Crippen LogP contribution >= 0.6 is 11.6 Å². The highest BCUT2D eigenvalue weighted by atomic mass is 35.5. The van der Waals surface area contributed by atoms with Crippen LogP contribution in [0.1, 0.15) is 18.5 Å². The van der Waals surface area contributed by atoms with Gasteiger partial charge in [0.2, 0.25) is 0 Å². The Balaban J connectivity index is 2.08. The molecule has 1 amide bonds. The van der Waals surface area contributed by atoms with E-state index in [4.69, 9.17) is 16.3 Å². The summed E-state index contributed by atoms with van der Waals surface area (Å²) in [6, 6.07) is 7.51. The van der Waals surface area contributed by atoms with Gasteiger partial charge in [0.05, 0.1) is 12.6 Å². The Morgan fingerprint density at radius 3 is 2.89 bits per heavy atom. The van der Waals surface area contributed by atoms with Gasteiger partial charge in [-0.3, -0.25) is 4.79 Å². The molecule has 0 saturated carbocycles. The van der Waals surface area contributed by atoms with Crippen molar-refractivity contribution in [2.45, 2.75) is 19.1 Å². The van der Waals surface area contributed by atoms with Gasteiger partial charge in [0.15, 0.2) is 0 Å². The van der Waals surface area contributed by atoms with Gasteiger partial charge in [-0.2, -0.15) is 0 Å². The van der Waals surface area contributed by atoms with Gasteiger partial charge in [-0.25, -0.2) is 0 Å². The number of rotatable bonds is 3. The van der Waals surface area contributed by atoms with Crippen LogP contribution in [0.2, 0.25) is 5.02 Å². The molecule has 19 heavy (non-hydrogen) atoms. The SMILES string of the molecule is C[C@H](c1ccccc1Cl)N(C)C(=O)[C@H]1CNCCO1. The number of ether oxygens (including phenoxy) is 1. The molecule has 1 aliphatic rings. The van der Waals surface area contributed by atoms with Crippen LogP contribution in [0.15, 0.2) is 24.3 Å². The molecule has 4 nitrogen and oxygen atoms in total. The van der Waals surface area contributed by atoms with E-state index in [0.29, 0.717) is 18.2 Å². The molecular formula is C14H19ClN2O2. The maximum atomic E-state index is 12.3. The fraction of sp³-hybridized carbons (Fsp3) is 0.500. The van der Waals surface area contributed by atoms with E-state index in [2.05, 4.69) is 5.32 Å². The van der Waals surface area contributed by atoms with E-state index in [9.17, 15) is 4.79 Å². The van der Waals surface area contributed by atoms with Gasteiger partial charge >= 0.3 is 0 Å². The number of hydrogen-bond donors (Lipinski definition) is 1. The predicted octanol–water partition coefficient (Wildman–Crippen LogP) is 1.85. The molecular weight excluding hydrogens is 264 g/mol. The maximum Gasteiger partial charge on any atom is 0.253 e. The van der Waals surface area contributed by atoms with Crippen molar-refractivity contribution in [3.05, 3.63) is 34.9 Å². The normalized spacial score (nSPS) is 20.9. The Kier molecular flexibility index (Phi) is 4.80. The number of likely N-dealkylation sites (N-methyl/N-ethyl adjacent to an activating group) is 1. The second-order valence-electron chi connectivity index (χ2n) is 4.71. The number of nitrogens with zero attached hydrogens (tertiary/aromatic N) is 1. The van der Waals surface area contributed by atoms with Crippen LogP contribution in [0.25, 0.3) is 0 Å². The molecule has 1 aromatic carbocycles. The first kappa shape index (κ1) is 14.3. The number of amides is 1. The van der Waals surface area contributed by atoms with Gasteiger partial charge < -0.3 is 15.0 Å². The molecule has 104 valence electrons. The van der Waals surface area contributed by atoms with E-state index in [1.54, 1.807) is 11.9 Å². The molecule has 1 fully saturated rings. The second-order valence-corrected chi connectivity index (χ2v) is 5.12. The van der Waals surface area contributed by atoms with Crippen molar-refractivity contribution >= 4 is 17.5 Å². The first-order valence-corrected chi connectivity index (χ1v) is 6.82. The fourth-order valence-electron chi connectivity index (χ4n) is 2.16.